The van der Waals surface area contributed by atoms with Crippen molar-refractivity contribution in [3.05, 3.63) is 0 Å². The van der Waals surface area contributed by atoms with E-state index in [1.807, 2.05) is 6.92 Å². The van der Waals surface area contributed by atoms with Gasteiger partial charge in [-0.1, -0.05) is 34.1 Å². The highest BCUT2D eigenvalue weighted by Gasteiger charge is 2.63. The smallest absolute Gasteiger partial charge is 0.241 e. The lowest BCUT2D eigenvalue weighted by atomic mass is 9.67. The summed E-state index contributed by atoms with van der Waals surface area (Å²) in [6.07, 6.45) is 6.40. The van der Waals surface area contributed by atoms with Crippen LogP contribution in [-0.2, 0) is 4.79 Å². The number of amides is 1. The average Bonchev–Trinajstić information content (AvgIpc) is 2.92. The highest BCUT2D eigenvalue weighted by molar-refractivity contribution is 5.84. The summed E-state index contributed by atoms with van der Waals surface area (Å²) in [5.41, 5.74) is 0.599. The molecule has 0 spiro atoms. The Balaban J connectivity index is 1.95. The summed E-state index contributed by atoms with van der Waals surface area (Å²) < 4.78 is 0. The second-order valence-corrected chi connectivity index (χ2v) is 8.26. The lowest BCUT2D eigenvalue weighted by Crippen LogP contribution is -2.56. The van der Waals surface area contributed by atoms with Crippen LogP contribution in [0.4, 0.5) is 0 Å². The molecular formula is C17H30N2O. The van der Waals surface area contributed by atoms with E-state index >= 15 is 0 Å². The van der Waals surface area contributed by atoms with Gasteiger partial charge in [-0.3, -0.25) is 10.1 Å². The van der Waals surface area contributed by atoms with Gasteiger partial charge in [0, 0.05) is 6.04 Å². The Bertz CT molecular complexity index is 414. The van der Waals surface area contributed by atoms with Gasteiger partial charge < -0.3 is 4.90 Å². The summed E-state index contributed by atoms with van der Waals surface area (Å²) in [6, 6.07) is 0.403. The standard InChI is InChI=1S/C17H30N2O/c1-6-7-13-18-11(2)14(20)19(13)15-16(3,4)12-8-9-17(15,5)10-12/h11-13,15,18H,6-10H2,1-5H3. The van der Waals surface area contributed by atoms with Gasteiger partial charge in [0.25, 0.3) is 0 Å². The summed E-state index contributed by atoms with van der Waals surface area (Å²) >= 11 is 0. The minimum absolute atomic E-state index is 0.00919. The Hall–Kier alpha value is -0.570. The molecule has 1 aliphatic heterocycles. The fraction of sp³-hybridized carbons (Fsp3) is 0.941. The molecule has 5 atom stereocenters. The number of hydrogen-bond donors (Lipinski definition) is 1. The van der Waals surface area contributed by atoms with E-state index in [2.05, 4.69) is 37.9 Å². The van der Waals surface area contributed by atoms with Gasteiger partial charge in [-0.15, -0.1) is 0 Å². The van der Waals surface area contributed by atoms with Crippen molar-refractivity contribution in [3.63, 3.8) is 0 Å². The van der Waals surface area contributed by atoms with E-state index in [-0.39, 0.29) is 17.6 Å². The van der Waals surface area contributed by atoms with Crippen LogP contribution in [0.5, 0.6) is 0 Å². The molecule has 1 amide bonds. The minimum Gasteiger partial charge on any atom is -0.322 e. The Morgan fingerprint density at radius 1 is 1.35 bits per heavy atom. The van der Waals surface area contributed by atoms with Crippen LogP contribution in [0.2, 0.25) is 0 Å². The first kappa shape index (κ1) is 14.4. The van der Waals surface area contributed by atoms with Crippen molar-refractivity contribution < 1.29 is 4.79 Å². The maximum atomic E-state index is 12.7. The van der Waals surface area contributed by atoms with Crippen molar-refractivity contribution in [2.45, 2.75) is 85.0 Å². The third-order valence-electron chi connectivity index (χ3n) is 6.44. The molecule has 1 N–H and O–H groups in total. The van der Waals surface area contributed by atoms with Crippen LogP contribution in [0.15, 0.2) is 0 Å². The molecule has 3 nitrogen and oxygen atoms in total. The van der Waals surface area contributed by atoms with E-state index in [1.165, 1.54) is 19.3 Å². The van der Waals surface area contributed by atoms with E-state index in [0.29, 0.717) is 17.4 Å². The summed E-state index contributed by atoms with van der Waals surface area (Å²) in [5, 5.41) is 3.52. The van der Waals surface area contributed by atoms with Gasteiger partial charge in [-0.25, -0.2) is 0 Å². The molecule has 0 radical (unpaired) electrons. The summed E-state index contributed by atoms with van der Waals surface area (Å²) in [5.74, 6) is 1.12. The number of nitrogens with zero attached hydrogens (tertiary/aromatic N) is 1. The molecule has 3 aliphatic rings. The maximum Gasteiger partial charge on any atom is 0.241 e. The van der Waals surface area contributed by atoms with E-state index in [1.54, 1.807) is 0 Å². The van der Waals surface area contributed by atoms with Crippen molar-refractivity contribution in [2.75, 3.05) is 0 Å². The van der Waals surface area contributed by atoms with Crippen LogP contribution in [0.1, 0.15) is 66.7 Å². The molecule has 2 saturated carbocycles. The SMILES string of the molecule is CCCC1NC(C)C(=O)N1C1C2(C)CCC(C2)C1(C)C. The Morgan fingerprint density at radius 2 is 2.05 bits per heavy atom. The first-order valence-electron chi connectivity index (χ1n) is 8.39. The van der Waals surface area contributed by atoms with Crippen LogP contribution in [0.3, 0.4) is 0 Å². The van der Waals surface area contributed by atoms with Crippen molar-refractivity contribution in [1.82, 2.24) is 10.2 Å². The molecule has 0 aromatic heterocycles. The zero-order chi connectivity index (χ0) is 14.7. The monoisotopic (exact) mass is 278 g/mol. The summed E-state index contributed by atoms with van der Waals surface area (Å²) in [4.78, 5) is 15.0. The topological polar surface area (TPSA) is 32.3 Å². The number of carbonyl (C=O) groups excluding carboxylic acids is 1. The van der Waals surface area contributed by atoms with Gasteiger partial charge in [0.05, 0.1) is 12.2 Å². The van der Waals surface area contributed by atoms with Crippen molar-refractivity contribution in [2.24, 2.45) is 16.7 Å². The second kappa shape index (κ2) is 4.46. The van der Waals surface area contributed by atoms with E-state index in [0.717, 1.165) is 18.8 Å². The molecule has 1 saturated heterocycles. The van der Waals surface area contributed by atoms with Gasteiger partial charge >= 0.3 is 0 Å². The molecular weight excluding hydrogens is 248 g/mol. The lowest BCUT2D eigenvalue weighted by molar-refractivity contribution is -0.139. The first-order valence-corrected chi connectivity index (χ1v) is 8.39. The van der Waals surface area contributed by atoms with Crippen molar-refractivity contribution in [1.29, 1.82) is 0 Å². The van der Waals surface area contributed by atoms with Crippen LogP contribution in [0, 0.1) is 16.7 Å². The molecule has 2 aliphatic carbocycles. The molecule has 3 heteroatoms. The van der Waals surface area contributed by atoms with Gasteiger partial charge in [0.2, 0.25) is 5.91 Å². The molecule has 20 heavy (non-hydrogen) atoms. The normalized spacial score (nSPS) is 46.5. The predicted octanol–water partition coefficient (Wildman–Crippen LogP) is 3.15. The largest absolute Gasteiger partial charge is 0.322 e. The summed E-state index contributed by atoms with van der Waals surface area (Å²) in [6.45, 7) is 11.4. The number of nitrogens with one attached hydrogen (secondary N) is 1. The molecule has 114 valence electrons. The Labute approximate surface area is 123 Å². The van der Waals surface area contributed by atoms with Gasteiger partial charge in [0.15, 0.2) is 0 Å². The zero-order valence-electron chi connectivity index (χ0n) is 13.7. The first-order chi connectivity index (χ1) is 9.31. The number of fused-ring (bicyclic) bond motifs is 2. The summed E-state index contributed by atoms with van der Waals surface area (Å²) in [7, 11) is 0. The molecule has 2 bridgehead atoms. The van der Waals surface area contributed by atoms with Gasteiger partial charge in [-0.2, -0.15) is 0 Å². The fourth-order valence-corrected chi connectivity index (χ4v) is 5.59. The molecule has 0 aromatic rings. The molecule has 3 rings (SSSR count). The number of hydrogen-bond acceptors (Lipinski definition) is 2. The third kappa shape index (κ3) is 1.78. The highest BCUT2D eigenvalue weighted by atomic mass is 16.2. The maximum absolute atomic E-state index is 12.7. The van der Waals surface area contributed by atoms with Gasteiger partial charge in [0.1, 0.15) is 0 Å². The Morgan fingerprint density at radius 3 is 2.60 bits per heavy atom. The number of rotatable bonds is 3. The molecule has 5 unspecified atom stereocenters. The minimum atomic E-state index is -0.00919. The second-order valence-electron chi connectivity index (χ2n) is 8.26. The van der Waals surface area contributed by atoms with Crippen molar-refractivity contribution in [3.8, 4) is 0 Å². The van der Waals surface area contributed by atoms with E-state index < -0.39 is 0 Å². The van der Waals surface area contributed by atoms with Crippen molar-refractivity contribution >= 4 is 5.91 Å². The highest BCUT2D eigenvalue weighted by Crippen LogP contribution is 2.64. The molecule has 0 aromatic carbocycles. The van der Waals surface area contributed by atoms with E-state index in [4.69, 9.17) is 0 Å². The fourth-order valence-electron chi connectivity index (χ4n) is 5.59. The van der Waals surface area contributed by atoms with Gasteiger partial charge in [-0.05, 0) is 49.4 Å². The van der Waals surface area contributed by atoms with Crippen LogP contribution in [0.25, 0.3) is 0 Å². The molecule has 1 heterocycles. The zero-order valence-corrected chi connectivity index (χ0v) is 13.7. The van der Waals surface area contributed by atoms with Crippen LogP contribution in [-0.4, -0.2) is 29.1 Å². The van der Waals surface area contributed by atoms with Crippen LogP contribution < -0.4 is 5.32 Å². The number of carbonyl (C=O) groups is 1. The lowest BCUT2D eigenvalue weighted by Gasteiger charge is -2.49. The predicted molar refractivity (Wildman–Crippen MR) is 81.2 cm³/mol. The average molecular weight is 278 g/mol. The van der Waals surface area contributed by atoms with E-state index in [9.17, 15) is 4.79 Å². The van der Waals surface area contributed by atoms with Crippen LogP contribution >= 0.6 is 0 Å². The quantitative estimate of drug-likeness (QED) is 0.860. The molecule has 3 fully saturated rings. The Kier molecular flexibility index (Phi) is 3.20. The third-order valence-corrected chi connectivity index (χ3v) is 6.44.